The number of aromatic nitrogens is 3. The van der Waals surface area contributed by atoms with Gasteiger partial charge in [-0.15, -0.1) is 0 Å². The van der Waals surface area contributed by atoms with Gasteiger partial charge >= 0.3 is 0 Å². The molecule has 2 aromatic rings. The predicted octanol–water partition coefficient (Wildman–Crippen LogP) is 1.30. The van der Waals surface area contributed by atoms with Crippen LogP contribution in [0.25, 0.3) is 5.65 Å². The van der Waals surface area contributed by atoms with Gasteiger partial charge in [-0.05, 0) is 12.2 Å². The van der Waals surface area contributed by atoms with Crippen molar-refractivity contribution in [3.05, 3.63) is 18.6 Å². The molecule has 0 aliphatic rings. The number of hydrogen-bond donors (Lipinski definition) is 3. The summed E-state index contributed by atoms with van der Waals surface area (Å²) in [5.41, 5.74) is 0.833. The molecule has 0 saturated carbocycles. The van der Waals surface area contributed by atoms with Crippen molar-refractivity contribution in [1.29, 1.82) is 0 Å². The van der Waals surface area contributed by atoms with E-state index in [1.54, 1.807) is 6.20 Å². The summed E-state index contributed by atoms with van der Waals surface area (Å²) >= 11 is 1.82. The lowest BCUT2D eigenvalue weighted by Gasteiger charge is -2.09. The van der Waals surface area contributed by atoms with Crippen molar-refractivity contribution in [1.82, 2.24) is 14.4 Å². The smallest absolute Gasteiger partial charge is 0.180 e. The Bertz CT molecular complexity index is 516. The molecule has 0 spiro atoms. The Labute approximate surface area is 116 Å². The second-order valence-electron chi connectivity index (χ2n) is 4.00. The number of nitrogens with one attached hydrogen (secondary N) is 2. The number of aliphatic hydroxyl groups is 1. The molecular formula is C12H19N5OS. The van der Waals surface area contributed by atoms with E-state index in [0.717, 1.165) is 41.8 Å². The average Bonchev–Trinajstić information content (AvgIpc) is 2.90. The number of imidazole rings is 1. The van der Waals surface area contributed by atoms with E-state index in [1.165, 1.54) is 0 Å². The third-order valence-electron chi connectivity index (χ3n) is 2.62. The van der Waals surface area contributed by atoms with Crippen LogP contribution in [0.2, 0.25) is 0 Å². The van der Waals surface area contributed by atoms with E-state index in [1.807, 2.05) is 35.6 Å². The fraction of sp³-hybridized carbons (Fsp3) is 0.500. The molecule has 0 fully saturated rings. The average molecular weight is 281 g/mol. The topological polar surface area (TPSA) is 74.5 Å². The molecule has 0 unspecified atom stereocenters. The van der Waals surface area contributed by atoms with Crippen molar-refractivity contribution >= 4 is 29.0 Å². The second-order valence-corrected chi connectivity index (χ2v) is 5.22. The van der Waals surface area contributed by atoms with Gasteiger partial charge in [0.25, 0.3) is 0 Å². The van der Waals surface area contributed by atoms with Crippen LogP contribution in [-0.4, -0.2) is 51.2 Å². The van der Waals surface area contributed by atoms with Gasteiger partial charge in [0.2, 0.25) is 0 Å². The van der Waals surface area contributed by atoms with Gasteiger partial charge in [-0.25, -0.2) is 9.97 Å². The number of hydrogen-bond acceptors (Lipinski definition) is 6. The zero-order chi connectivity index (χ0) is 13.5. The normalized spacial score (nSPS) is 10.8. The highest BCUT2D eigenvalue weighted by Gasteiger charge is 2.05. The SMILES string of the molecule is CNc1cn2ccnc2c(NCCSCCCO)n1. The molecule has 2 heterocycles. The van der Waals surface area contributed by atoms with Crippen molar-refractivity contribution in [2.24, 2.45) is 0 Å². The summed E-state index contributed by atoms with van der Waals surface area (Å²) in [6.07, 6.45) is 6.42. The number of nitrogens with zero attached hydrogens (tertiary/aromatic N) is 3. The summed E-state index contributed by atoms with van der Waals surface area (Å²) in [5.74, 6) is 3.57. The van der Waals surface area contributed by atoms with Gasteiger partial charge in [0.05, 0.1) is 6.20 Å². The Kier molecular flexibility index (Phi) is 5.29. The van der Waals surface area contributed by atoms with Crippen LogP contribution in [0.4, 0.5) is 11.6 Å². The molecule has 0 radical (unpaired) electrons. The third kappa shape index (κ3) is 3.74. The number of thioether (sulfide) groups is 1. The van der Waals surface area contributed by atoms with Crippen molar-refractivity contribution in [2.45, 2.75) is 6.42 Å². The maximum Gasteiger partial charge on any atom is 0.180 e. The fourth-order valence-corrected chi connectivity index (χ4v) is 2.46. The van der Waals surface area contributed by atoms with E-state index >= 15 is 0 Å². The van der Waals surface area contributed by atoms with E-state index in [9.17, 15) is 0 Å². The minimum absolute atomic E-state index is 0.265. The number of aliphatic hydroxyl groups excluding tert-OH is 1. The van der Waals surface area contributed by atoms with Crippen molar-refractivity contribution in [3.63, 3.8) is 0 Å². The lowest BCUT2D eigenvalue weighted by Crippen LogP contribution is -2.09. The zero-order valence-corrected chi connectivity index (χ0v) is 11.8. The molecule has 2 aromatic heterocycles. The molecule has 19 heavy (non-hydrogen) atoms. The molecule has 0 aromatic carbocycles. The van der Waals surface area contributed by atoms with Gasteiger partial charge in [-0.1, -0.05) is 0 Å². The fourth-order valence-electron chi connectivity index (χ4n) is 1.68. The summed E-state index contributed by atoms with van der Waals surface area (Å²) in [6, 6.07) is 0. The van der Waals surface area contributed by atoms with Gasteiger partial charge in [-0.2, -0.15) is 11.8 Å². The first-order valence-corrected chi connectivity index (χ1v) is 7.44. The van der Waals surface area contributed by atoms with Gasteiger partial charge in [0, 0.05) is 38.3 Å². The highest BCUT2D eigenvalue weighted by Crippen LogP contribution is 2.16. The Morgan fingerprint density at radius 2 is 2.32 bits per heavy atom. The molecular weight excluding hydrogens is 262 g/mol. The van der Waals surface area contributed by atoms with Gasteiger partial charge in [0.15, 0.2) is 11.5 Å². The minimum atomic E-state index is 0.265. The molecule has 0 atom stereocenters. The van der Waals surface area contributed by atoms with Crippen LogP contribution in [0.5, 0.6) is 0 Å². The summed E-state index contributed by atoms with van der Waals surface area (Å²) in [6.45, 7) is 1.10. The third-order valence-corrected chi connectivity index (χ3v) is 3.69. The van der Waals surface area contributed by atoms with Crippen LogP contribution < -0.4 is 10.6 Å². The summed E-state index contributed by atoms with van der Waals surface area (Å²) in [5, 5.41) is 15.0. The number of fused-ring (bicyclic) bond motifs is 1. The summed E-state index contributed by atoms with van der Waals surface area (Å²) in [4.78, 5) is 8.76. The van der Waals surface area contributed by atoms with Gasteiger partial charge < -0.3 is 20.1 Å². The van der Waals surface area contributed by atoms with Crippen LogP contribution >= 0.6 is 11.8 Å². The lowest BCUT2D eigenvalue weighted by atomic mass is 10.5. The first-order valence-electron chi connectivity index (χ1n) is 6.29. The Morgan fingerprint density at radius 1 is 1.42 bits per heavy atom. The van der Waals surface area contributed by atoms with Crippen molar-refractivity contribution in [3.8, 4) is 0 Å². The maximum absolute atomic E-state index is 8.70. The van der Waals surface area contributed by atoms with E-state index in [-0.39, 0.29) is 6.61 Å². The monoisotopic (exact) mass is 281 g/mol. The Hall–Kier alpha value is -1.47. The first-order chi connectivity index (χ1) is 9.35. The van der Waals surface area contributed by atoms with Crippen LogP contribution in [0.15, 0.2) is 18.6 Å². The molecule has 104 valence electrons. The molecule has 0 amide bonds. The summed E-state index contributed by atoms with van der Waals surface area (Å²) in [7, 11) is 1.85. The molecule has 6 nitrogen and oxygen atoms in total. The van der Waals surface area contributed by atoms with E-state index in [0.29, 0.717) is 0 Å². The predicted molar refractivity (Wildman–Crippen MR) is 80.1 cm³/mol. The van der Waals surface area contributed by atoms with Crippen LogP contribution in [0.1, 0.15) is 6.42 Å². The Morgan fingerprint density at radius 3 is 3.11 bits per heavy atom. The first kappa shape index (κ1) is 14.0. The molecule has 0 aliphatic carbocycles. The molecule has 0 bridgehead atoms. The molecule has 2 rings (SSSR count). The highest BCUT2D eigenvalue weighted by molar-refractivity contribution is 7.99. The standard InChI is InChI=1S/C12H19N5OS/c1-13-10-9-17-5-3-15-12(17)11(16-10)14-4-8-19-7-2-6-18/h3,5,9,13,18H,2,4,6-8H2,1H3,(H,14,16). The van der Waals surface area contributed by atoms with Crippen molar-refractivity contribution in [2.75, 3.05) is 42.3 Å². The summed E-state index contributed by atoms with van der Waals surface area (Å²) < 4.78 is 1.94. The molecule has 0 saturated heterocycles. The van der Waals surface area contributed by atoms with E-state index < -0.39 is 0 Å². The molecule has 3 N–H and O–H groups in total. The number of rotatable bonds is 8. The van der Waals surface area contributed by atoms with Gasteiger partial charge in [-0.3, -0.25) is 0 Å². The maximum atomic E-state index is 8.70. The van der Waals surface area contributed by atoms with Crippen LogP contribution in [0, 0.1) is 0 Å². The number of anilines is 2. The second kappa shape index (κ2) is 7.20. The van der Waals surface area contributed by atoms with Crippen molar-refractivity contribution < 1.29 is 5.11 Å². The quantitative estimate of drug-likeness (QED) is 0.633. The zero-order valence-electron chi connectivity index (χ0n) is 11.0. The Balaban J connectivity index is 1.93. The van der Waals surface area contributed by atoms with E-state index in [2.05, 4.69) is 20.6 Å². The largest absolute Gasteiger partial charge is 0.396 e. The van der Waals surface area contributed by atoms with Crippen LogP contribution in [0.3, 0.4) is 0 Å². The minimum Gasteiger partial charge on any atom is -0.396 e. The highest BCUT2D eigenvalue weighted by atomic mass is 32.2. The van der Waals surface area contributed by atoms with E-state index in [4.69, 9.17) is 5.11 Å². The molecule has 7 heteroatoms. The lowest BCUT2D eigenvalue weighted by molar-refractivity contribution is 0.296. The van der Waals surface area contributed by atoms with Crippen LogP contribution in [-0.2, 0) is 0 Å². The van der Waals surface area contributed by atoms with Gasteiger partial charge in [0.1, 0.15) is 5.82 Å². The molecule has 0 aliphatic heterocycles.